The zero-order valence-electron chi connectivity index (χ0n) is 17.3. The number of thioether (sulfide) groups is 1. The van der Waals surface area contributed by atoms with Gasteiger partial charge in [-0.25, -0.2) is 4.68 Å². The van der Waals surface area contributed by atoms with E-state index in [4.69, 9.17) is 0 Å². The molecule has 0 saturated carbocycles. The topological polar surface area (TPSA) is 70.1 Å². The Labute approximate surface area is 180 Å². The lowest BCUT2D eigenvalue weighted by molar-refractivity contribution is 0.102. The Kier molecular flexibility index (Phi) is 6.11. The van der Waals surface area contributed by atoms with E-state index >= 15 is 0 Å². The molecule has 156 valence electrons. The molecule has 1 fully saturated rings. The zero-order chi connectivity index (χ0) is 21.1. The van der Waals surface area contributed by atoms with Crippen LogP contribution in [0.5, 0.6) is 0 Å². The van der Waals surface area contributed by atoms with Crippen molar-refractivity contribution in [3.8, 4) is 5.69 Å². The molecule has 3 aromatic rings. The maximum Gasteiger partial charge on any atom is 0.273 e. The highest BCUT2D eigenvalue weighted by atomic mass is 32.2. The predicted molar refractivity (Wildman–Crippen MR) is 123 cm³/mol. The van der Waals surface area contributed by atoms with Crippen molar-refractivity contribution in [2.24, 2.45) is 0 Å². The van der Waals surface area contributed by atoms with Crippen molar-refractivity contribution in [2.75, 3.05) is 29.9 Å². The van der Waals surface area contributed by atoms with Gasteiger partial charge in [0.15, 0.2) is 0 Å². The van der Waals surface area contributed by atoms with Gasteiger partial charge in [-0.3, -0.25) is 19.6 Å². The molecular weight excluding hydrogens is 396 g/mol. The van der Waals surface area contributed by atoms with E-state index in [1.807, 2.05) is 62.0 Å². The van der Waals surface area contributed by atoms with Crippen LogP contribution in [0.3, 0.4) is 0 Å². The van der Waals surface area contributed by atoms with E-state index in [2.05, 4.69) is 21.4 Å². The van der Waals surface area contributed by atoms with Crippen LogP contribution in [0.4, 0.5) is 5.69 Å². The van der Waals surface area contributed by atoms with E-state index in [1.54, 1.807) is 0 Å². The molecule has 30 heavy (non-hydrogen) atoms. The first kappa shape index (κ1) is 20.5. The molecule has 1 aliphatic rings. The van der Waals surface area contributed by atoms with Gasteiger partial charge >= 0.3 is 0 Å². The number of anilines is 1. The van der Waals surface area contributed by atoms with Crippen molar-refractivity contribution in [3.63, 3.8) is 0 Å². The lowest BCUT2D eigenvalue weighted by atomic mass is 10.1. The molecule has 1 aliphatic heterocycles. The van der Waals surface area contributed by atoms with Gasteiger partial charge < -0.3 is 5.32 Å². The van der Waals surface area contributed by atoms with E-state index in [9.17, 15) is 9.59 Å². The van der Waals surface area contributed by atoms with Crippen LogP contribution in [0, 0.1) is 13.8 Å². The third kappa shape index (κ3) is 4.52. The number of aromatic amines is 1. The number of hydrogen-bond donors (Lipinski definition) is 2. The summed E-state index contributed by atoms with van der Waals surface area (Å²) in [6.07, 6.45) is 0. The largest absolute Gasteiger partial charge is 0.320 e. The Morgan fingerprint density at radius 1 is 1.10 bits per heavy atom. The second kappa shape index (κ2) is 8.93. The number of H-pyrrole nitrogens is 1. The molecule has 1 amide bonds. The summed E-state index contributed by atoms with van der Waals surface area (Å²) in [6, 6.07) is 14.9. The van der Waals surface area contributed by atoms with Crippen molar-refractivity contribution in [1.29, 1.82) is 0 Å². The van der Waals surface area contributed by atoms with Gasteiger partial charge in [0.2, 0.25) is 0 Å². The molecule has 0 unspecified atom stereocenters. The second-order valence-electron chi connectivity index (χ2n) is 7.61. The third-order valence-corrected chi connectivity index (χ3v) is 6.39. The van der Waals surface area contributed by atoms with Crippen LogP contribution >= 0.6 is 11.8 Å². The zero-order valence-corrected chi connectivity index (χ0v) is 18.1. The predicted octanol–water partition coefficient (Wildman–Crippen LogP) is 3.58. The fourth-order valence-electron chi connectivity index (χ4n) is 3.58. The van der Waals surface area contributed by atoms with Gasteiger partial charge in [0.25, 0.3) is 11.5 Å². The summed E-state index contributed by atoms with van der Waals surface area (Å²) in [5.41, 5.74) is 4.82. The Balaban J connectivity index is 1.51. The standard InChI is InChI=1S/C23H26N4O2S/c1-16-6-8-19(9-7-16)27-22(28)14-21(25-27)23(29)24-20-5-3-4-18(17(20)2)15-26-10-12-30-13-11-26/h3-9,14,25H,10-13,15H2,1-2H3,(H,24,29). The average molecular weight is 423 g/mol. The summed E-state index contributed by atoms with van der Waals surface area (Å²) >= 11 is 2.00. The number of benzene rings is 2. The molecule has 6 nitrogen and oxygen atoms in total. The third-order valence-electron chi connectivity index (χ3n) is 5.45. The molecule has 4 rings (SSSR count). The quantitative estimate of drug-likeness (QED) is 0.659. The van der Waals surface area contributed by atoms with Crippen LogP contribution in [0.2, 0.25) is 0 Å². The number of carbonyl (C=O) groups is 1. The Hall–Kier alpha value is -2.77. The van der Waals surface area contributed by atoms with Gasteiger partial charge in [0.05, 0.1) is 5.69 Å². The number of aromatic nitrogens is 2. The molecule has 2 aromatic carbocycles. The highest BCUT2D eigenvalue weighted by Gasteiger charge is 2.16. The van der Waals surface area contributed by atoms with Crippen LogP contribution in [-0.4, -0.2) is 45.2 Å². The SMILES string of the molecule is Cc1ccc(-n2[nH]c(C(=O)Nc3cccc(CN4CCSCC4)c3C)cc2=O)cc1. The summed E-state index contributed by atoms with van der Waals surface area (Å²) in [5.74, 6) is 2.01. The number of nitrogens with zero attached hydrogens (tertiary/aromatic N) is 2. The van der Waals surface area contributed by atoms with Gasteiger partial charge in [0, 0.05) is 42.9 Å². The van der Waals surface area contributed by atoms with Gasteiger partial charge in [0.1, 0.15) is 5.69 Å². The van der Waals surface area contributed by atoms with E-state index in [0.29, 0.717) is 5.69 Å². The van der Waals surface area contributed by atoms with E-state index in [-0.39, 0.29) is 17.2 Å². The highest BCUT2D eigenvalue weighted by Crippen LogP contribution is 2.22. The first-order valence-corrected chi connectivity index (χ1v) is 11.3. The number of aryl methyl sites for hydroxylation is 1. The van der Waals surface area contributed by atoms with Crippen molar-refractivity contribution in [2.45, 2.75) is 20.4 Å². The Bertz CT molecular complexity index is 1100. The summed E-state index contributed by atoms with van der Waals surface area (Å²) in [6.45, 7) is 7.09. The van der Waals surface area contributed by atoms with Crippen molar-refractivity contribution >= 4 is 23.4 Å². The molecule has 0 aliphatic carbocycles. The lowest BCUT2D eigenvalue weighted by Gasteiger charge is -2.27. The molecule has 2 heterocycles. The number of rotatable bonds is 5. The maximum absolute atomic E-state index is 12.8. The molecule has 0 radical (unpaired) electrons. The van der Waals surface area contributed by atoms with Gasteiger partial charge in [-0.05, 0) is 43.2 Å². The van der Waals surface area contributed by atoms with Gasteiger partial charge in [-0.1, -0.05) is 29.8 Å². The minimum absolute atomic E-state index is 0.235. The smallest absolute Gasteiger partial charge is 0.273 e. The molecule has 0 atom stereocenters. The minimum Gasteiger partial charge on any atom is -0.320 e. The minimum atomic E-state index is -0.326. The van der Waals surface area contributed by atoms with Crippen LogP contribution in [0.25, 0.3) is 5.69 Å². The van der Waals surface area contributed by atoms with Crippen molar-refractivity contribution < 1.29 is 4.79 Å². The molecule has 1 aromatic heterocycles. The molecular formula is C23H26N4O2S. The molecule has 1 saturated heterocycles. The lowest BCUT2D eigenvalue weighted by Crippen LogP contribution is -2.32. The van der Waals surface area contributed by atoms with Gasteiger partial charge in [-0.2, -0.15) is 11.8 Å². The number of nitrogens with one attached hydrogen (secondary N) is 2. The first-order valence-electron chi connectivity index (χ1n) is 10.1. The molecule has 0 bridgehead atoms. The summed E-state index contributed by atoms with van der Waals surface area (Å²) in [4.78, 5) is 27.6. The fourth-order valence-corrected chi connectivity index (χ4v) is 4.56. The summed E-state index contributed by atoms with van der Waals surface area (Å²) in [7, 11) is 0. The normalized spacial score (nSPS) is 14.6. The first-order chi connectivity index (χ1) is 14.5. The fraction of sp³-hybridized carbons (Fsp3) is 0.304. The highest BCUT2D eigenvalue weighted by molar-refractivity contribution is 7.99. The Morgan fingerprint density at radius 3 is 2.57 bits per heavy atom. The van der Waals surface area contributed by atoms with Gasteiger partial charge in [-0.15, -0.1) is 0 Å². The second-order valence-corrected chi connectivity index (χ2v) is 8.84. The number of hydrogen-bond acceptors (Lipinski definition) is 4. The molecule has 2 N–H and O–H groups in total. The van der Waals surface area contributed by atoms with Crippen LogP contribution in [0.15, 0.2) is 53.3 Å². The number of carbonyl (C=O) groups excluding carboxylic acids is 1. The van der Waals surface area contributed by atoms with Crippen LogP contribution in [-0.2, 0) is 6.54 Å². The van der Waals surface area contributed by atoms with Crippen LogP contribution in [0.1, 0.15) is 27.2 Å². The monoisotopic (exact) mass is 422 g/mol. The Morgan fingerprint density at radius 2 is 1.83 bits per heavy atom. The average Bonchev–Trinajstić information content (AvgIpc) is 3.14. The van der Waals surface area contributed by atoms with Crippen molar-refractivity contribution in [1.82, 2.24) is 14.7 Å². The molecule has 7 heteroatoms. The molecule has 0 spiro atoms. The summed E-state index contributed by atoms with van der Waals surface area (Å²) in [5, 5.41) is 5.88. The van der Waals surface area contributed by atoms with E-state index in [0.717, 1.165) is 36.4 Å². The van der Waals surface area contributed by atoms with Crippen LogP contribution < -0.4 is 10.9 Å². The summed E-state index contributed by atoms with van der Waals surface area (Å²) < 4.78 is 1.38. The van der Waals surface area contributed by atoms with Crippen molar-refractivity contribution in [3.05, 3.63) is 81.3 Å². The van der Waals surface area contributed by atoms with E-state index in [1.165, 1.54) is 27.8 Å². The van der Waals surface area contributed by atoms with E-state index < -0.39 is 0 Å². The maximum atomic E-state index is 12.8. The number of amides is 1.